The summed E-state index contributed by atoms with van der Waals surface area (Å²) in [5.74, 6) is 2.94. The molecule has 2 bridgehead atoms. The number of aromatic amines is 1. The average molecular weight is 600 g/mol. The number of aromatic nitrogens is 1. The first-order chi connectivity index (χ1) is 20.8. The van der Waals surface area contributed by atoms with Crippen molar-refractivity contribution in [2.75, 3.05) is 39.3 Å². The van der Waals surface area contributed by atoms with Crippen molar-refractivity contribution >= 4 is 27.3 Å². The van der Waals surface area contributed by atoms with Gasteiger partial charge in [0.2, 0.25) is 0 Å². The molecule has 0 radical (unpaired) electrons. The molecular formula is C38H53N3OS. The van der Waals surface area contributed by atoms with Gasteiger partial charge in [-0.2, -0.15) is 0 Å². The quantitative estimate of drug-likeness (QED) is 0.268. The molecule has 0 unspecified atom stereocenters. The van der Waals surface area contributed by atoms with E-state index in [-0.39, 0.29) is 0 Å². The van der Waals surface area contributed by atoms with Gasteiger partial charge in [0.25, 0.3) is 0 Å². The Morgan fingerprint density at radius 1 is 0.860 bits per heavy atom. The first-order valence-corrected chi connectivity index (χ1v) is 18.3. The van der Waals surface area contributed by atoms with Gasteiger partial charge in [-0.1, -0.05) is 23.6 Å². The summed E-state index contributed by atoms with van der Waals surface area (Å²) in [4.78, 5) is 25.9. The lowest BCUT2D eigenvalue weighted by Gasteiger charge is -2.36. The van der Waals surface area contributed by atoms with E-state index in [4.69, 9.17) is 0 Å². The molecule has 2 saturated carbocycles. The maximum atomic E-state index is 14.0. The molecule has 0 spiro atoms. The molecule has 0 atom stereocenters. The monoisotopic (exact) mass is 599 g/mol. The normalized spacial score (nSPS) is 25.7. The van der Waals surface area contributed by atoms with Crippen LogP contribution in [0.5, 0.6) is 0 Å². The standard InChI is InChI=1S/C38H53N3OS/c1-25-20-26(2)22-30(21-25)35-31(14-19-40-17-12-27(13-18-40)24-41-15-6-5-7-16-41)32-23-33(43-37(32)39-35)38(3,4)36(42)34-28-8-9-29(34)11-10-28/h20-23,27-29,34,39H,5-19,24H2,1-4H3. The smallest absolute Gasteiger partial charge is 0.147 e. The van der Waals surface area contributed by atoms with Crippen molar-refractivity contribution in [2.24, 2.45) is 23.7 Å². The number of fused-ring (bicyclic) bond motifs is 3. The highest BCUT2D eigenvalue weighted by Gasteiger charge is 2.50. The van der Waals surface area contributed by atoms with E-state index in [0.717, 1.165) is 18.9 Å². The van der Waals surface area contributed by atoms with Gasteiger partial charge in [0.05, 0.1) is 11.1 Å². The molecule has 1 aromatic carbocycles. The van der Waals surface area contributed by atoms with Crippen LogP contribution in [-0.2, 0) is 16.6 Å². The predicted octanol–water partition coefficient (Wildman–Crippen LogP) is 8.54. The third-order valence-electron chi connectivity index (χ3n) is 11.8. The molecule has 3 aromatic rings. The highest BCUT2D eigenvalue weighted by atomic mass is 32.1. The number of likely N-dealkylation sites (tertiary alicyclic amines) is 2. The zero-order valence-electron chi connectivity index (χ0n) is 27.1. The number of nitrogens with one attached hydrogen (secondary N) is 1. The van der Waals surface area contributed by atoms with Crippen LogP contribution in [-0.4, -0.2) is 59.8 Å². The molecule has 1 N–H and O–H groups in total. The number of aryl methyl sites for hydroxylation is 2. The molecule has 4 nitrogen and oxygen atoms in total. The minimum atomic E-state index is -0.423. The lowest BCUT2D eigenvalue weighted by Crippen LogP contribution is -2.40. The van der Waals surface area contributed by atoms with Crippen molar-refractivity contribution in [1.82, 2.24) is 14.8 Å². The number of rotatable bonds is 9. The molecule has 232 valence electrons. The van der Waals surface area contributed by atoms with E-state index in [1.165, 1.54) is 134 Å². The summed E-state index contributed by atoms with van der Waals surface area (Å²) in [6, 6.07) is 9.34. The molecule has 0 amide bonds. The van der Waals surface area contributed by atoms with Gasteiger partial charge in [-0.15, -0.1) is 11.3 Å². The maximum Gasteiger partial charge on any atom is 0.147 e. The fourth-order valence-electron chi connectivity index (χ4n) is 9.35. The van der Waals surface area contributed by atoms with Gasteiger partial charge in [0.1, 0.15) is 10.6 Å². The Kier molecular flexibility index (Phi) is 8.37. The molecule has 2 aliphatic heterocycles. The fourth-order valence-corrected chi connectivity index (χ4v) is 10.5. The van der Waals surface area contributed by atoms with Crippen molar-refractivity contribution < 1.29 is 4.79 Å². The predicted molar refractivity (Wildman–Crippen MR) is 181 cm³/mol. The average Bonchev–Trinajstić information content (AvgIpc) is 3.77. The van der Waals surface area contributed by atoms with E-state index in [1.54, 1.807) is 0 Å². The molecule has 2 aliphatic carbocycles. The number of thiophene rings is 1. The summed E-state index contributed by atoms with van der Waals surface area (Å²) in [6.45, 7) is 16.3. The maximum absolute atomic E-state index is 14.0. The van der Waals surface area contributed by atoms with Gasteiger partial charge in [-0.05, 0) is 159 Å². The zero-order valence-corrected chi connectivity index (χ0v) is 28.0. The Hall–Kier alpha value is -1.95. The first-order valence-electron chi connectivity index (χ1n) is 17.5. The number of H-pyrrole nitrogens is 1. The van der Waals surface area contributed by atoms with E-state index in [1.807, 2.05) is 11.3 Å². The third-order valence-corrected chi connectivity index (χ3v) is 13.2. The SMILES string of the molecule is Cc1cc(C)cc(-c2[nH]c3sc(C(C)(C)C(=O)C4C5CCC4CC5)cc3c2CCN2CCC(CN3CCCCC3)CC2)c1. The molecule has 4 aliphatic rings. The summed E-state index contributed by atoms with van der Waals surface area (Å²) in [7, 11) is 0. The second kappa shape index (κ2) is 12.1. The van der Waals surface area contributed by atoms with Crippen LogP contribution >= 0.6 is 11.3 Å². The third kappa shape index (κ3) is 5.91. The summed E-state index contributed by atoms with van der Waals surface area (Å²) in [5.41, 5.74) is 6.24. The van der Waals surface area contributed by atoms with E-state index in [9.17, 15) is 4.79 Å². The fraction of sp³-hybridized carbons (Fsp3) is 0.658. The first kappa shape index (κ1) is 29.7. The van der Waals surface area contributed by atoms with Crippen LogP contribution in [0.25, 0.3) is 21.5 Å². The molecule has 7 rings (SSSR count). The van der Waals surface area contributed by atoms with Crippen molar-refractivity contribution in [3.05, 3.63) is 45.8 Å². The van der Waals surface area contributed by atoms with Crippen molar-refractivity contribution in [1.29, 1.82) is 0 Å². The molecule has 4 heterocycles. The van der Waals surface area contributed by atoms with Crippen LogP contribution in [0.4, 0.5) is 0 Å². The topological polar surface area (TPSA) is 39.3 Å². The highest BCUT2D eigenvalue weighted by Crippen LogP contribution is 2.52. The number of hydrogen-bond donors (Lipinski definition) is 1. The van der Waals surface area contributed by atoms with E-state index in [2.05, 4.69) is 66.7 Å². The van der Waals surface area contributed by atoms with Crippen molar-refractivity contribution in [3.8, 4) is 11.3 Å². The van der Waals surface area contributed by atoms with Gasteiger partial charge in [0, 0.05) is 29.3 Å². The van der Waals surface area contributed by atoms with Crippen molar-refractivity contribution in [3.63, 3.8) is 0 Å². The number of carbonyl (C=O) groups excluding carboxylic acids is 1. The largest absolute Gasteiger partial charge is 0.346 e. The summed E-state index contributed by atoms with van der Waals surface area (Å²) in [6.07, 6.45) is 13.0. The van der Waals surface area contributed by atoms with Gasteiger partial charge >= 0.3 is 0 Å². The summed E-state index contributed by atoms with van der Waals surface area (Å²) < 4.78 is 0. The van der Waals surface area contributed by atoms with Crippen LogP contribution in [0.3, 0.4) is 0 Å². The highest BCUT2D eigenvalue weighted by molar-refractivity contribution is 7.19. The number of carbonyl (C=O) groups is 1. The van der Waals surface area contributed by atoms with Crippen LogP contribution in [0.15, 0.2) is 24.3 Å². The second-order valence-electron chi connectivity index (χ2n) is 15.3. The van der Waals surface area contributed by atoms with Gasteiger partial charge in [-0.25, -0.2) is 0 Å². The van der Waals surface area contributed by atoms with E-state index in [0.29, 0.717) is 23.5 Å². The Morgan fingerprint density at radius 2 is 1.51 bits per heavy atom. The van der Waals surface area contributed by atoms with Gasteiger partial charge < -0.3 is 14.8 Å². The number of piperidine rings is 2. The molecule has 2 saturated heterocycles. The number of ketones is 1. The molecule has 5 heteroatoms. The Bertz CT molecular complexity index is 1410. The summed E-state index contributed by atoms with van der Waals surface area (Å²) >= 11 is 1.84. The Labute approximate surface area is 263 Å². The molecular weight excluding hydrogens is 547 g/mol. The number of Topliss-reactive ketones (excluding diaryl/α,β-unsaturated/α-hetero) is 1. The molecule has 2 aromatic heterocycles. The van der Waals surface area contributed by atoms with Gasteiger partial charge in [-0.3, -0.25) is 4.79 Å². The van der Waals surface area contributed by atoms with E-state index < -0.39 is 5.41 Å². The molecule has 43 heavy (non-hydrogen) atoms. The van der Waals surface area contributed by atoms with Gasteiger partial charge in [0.15, 0.2) is 0 Å². The minimum Gasteiger partial charge on any atom is -0.346 e. The Morgan fingerprint density at radius 3 is 2.16 bits per heavy atom. The number of hydrogen-bond acceptors (Lipinski definition) is 4. The number of benzene rings is 1. The summed E-state index contributed by atoms with van der Waals surface area (Å²) in [5, 5.41) is 1.35. The minimum absolute atomic E-state index is 0.290. The zero-order chi connectivity index (χ0) is 29.7. The number of nitrogens with zero attached hydrogens (tertiary/aromatic N) is 2. The van der Waals surface area contributed by atoms with Crippen LogP contribution in [0.2, 0.25) is 0 Å². The van der Waals surface area contributed by atoms with Crippen molar-refractivity contribution in [2.45, 2.75) is 97.3 Å². The lowest BCUT2D eigenvalue weighted by atomic mass is 9.76. The molecule has 4 fully saturated rings. The van der Waals surface area contributed by atoms with E-state index >= 15 is 0 Å². The second-order valence-corrected chi connectivity index (χ2v) is 16.3. The van der Waals surface area contributed by atoms with Crippen LogP contribution < -0.4 is 0 Å². The van der Waals surface area contributed by atoms with Crippen LogP contribution in [0, 0.1) is 37.5 Å². The van der Waals surface area contributed by atoms with Crippen LogP contribution in [0.1, 0.15) is 93.2 Å². The Balaban J connectivity index is 1.11. The lowest BCUT2D eigenvalue weighted by molar-refractivity contribution is -0.128.